The van der Waals surface area contributed by atoms with E-state index in [1.54, 1.807) is 0 Å². The van der Waals surface area contributed by atoms with Gasteiger partial charge in [0.15, 0.2) is 0 Å². The summed E-state index contributed by atoms with van der Waals surface area (Å²) in [5.41, 5.74) is 2.33. The van der Waals surface area contributed by atoms with Gasteiger partial charge in [-0.05, 0) is 30.7 Å². The maximum atomic E-state index is 5.23. The third kappa shape index (κ3) is 1.54. The average Bonchev–Trinajstić information content (AvgIpc) is 2.07. The molecular formula is C10H8BrNS. The van der Waals surface area contributed by atoms with Gasteiger partial charge in [0.1, 0.15) is 0 Å². The molecule has 0 saturated carbocycles. The number of nitrogens with one attached hydrogen (secondary N) is 1. The van der Waals surface area contributed by atoms with Crippen LogP contribution in [0.5, 0.6) is 0 Å². The van der Waals surface area contributed by atoms with Crippen LogP contribution in [-0.2, 0) is 0 Å². The maximum absolute atomic E-state index is 5.23. The SMILES string of the molecule is Cc1cc(Br)cc2c(=S)cc[nH]c12. The number of pyridine rings is 1. The molecule has 1 aromatic heterocycles. The van der Waals surface area contributed by atoms with Gasteiger partial charge in [-0.25, -0.2) is 0 Å². The van der Waals surface area contributed by atoms with Crippen LogP contribution >= 0.6 is 28.1 Å². The maximum Gasteiger partial charge on any atom is 0.0498 e. The van der Waals surface area contributed by atoms with E-state index in [-0.39, 0.29) is 0 Å². The van der Waals surface area contributed by atoms with Gasteiger partial charge in [0.25, 0.3) is 0 Å². The number of rotatable bonds is 0. The third-order valence-corrected chi connectivity index (χ3v) is 2.84. The van der Waals surface area contributed by atoms with Crippen molar-refractivity contribution in [2.24, 2.45) is 0 Å². The highest BCUT2D eigenvalue weighted by atomic mass is 79.9. The topological polar surface area (TPSA) is 15.8 Å². The third-order valence-electron chi connectivity index (χ3n) is 2.03. The Labute approximate surface area is 89.9 Å². The molecule has 0 bridgehead atoms. The normalized spacial score (nSPS) is 10.6. The summed E-state index contributed by atoms with van der Waals surface area (Å²) in [5, 5.41) is 1.10. The van der Waals surface area contributed by atoms with Crippen LogP contribution in [-0.4, -0.2) is 4.98 Å². The lowest BCUT2D eigenvalue weighted by molar-refractivity contribution is 1.36. The first kappa shape index (κ1) is 8.91. The summed E-state index contributed by atoms with van der Waals surface area (Å²) in [6.45, 7) is 2.07. The molecule has 0 amide bonds. The minimum Gasteiger partial charge on any atom is -0.361 e. The number of fused-ring (bicyclic) bond motifs is 1. The van der Waals surface area contributed by atoms with Crippen LogP contribution in [0.4, 0.5) is 0 Å². The number of hydrogen-bond acceptors (Lipinski definition) is 1. The first-order chi connectivity index (χ1) is 6.18. The number of hydrogen-bond donors (Lipinski definition) is 1. The molecule has 2 aromatic rings. The molecule has 0 aliphatic rings. The van der Waals surface area contributed by atoms with Crippen molar-refractivity contribution in [1.82, 2.24) is 4.98 Å². The number of aromatic amines is 1. The van der Waals surface area contributed by atoms with Crippen molar-refractivity contribution in [3.63, 3.8) is 0 Å². The molecule has 3 heteroatoms. The summed E-state index contributed by atoms with van der Waals surface area (Å²) in [6.07, 6.45) is 1.88. The Morgan fingerprint density at radius 2 is 2.15 bits per heavy atom. The van der Waals surface area contributed by atoms with Crippen LogP contribution in [0.3, 0.4) is 0 Å². The molecule has 1 N–H and O–H groups in total. The van der Waals surface area contributed by atoms with Gasteiger partial charge >= 0.3 is 0 Å². The Morgan fingerprint density at radius 1 is 1.38 bits per heavy atom. The van der Waals surface area contributed by atoms with Crippen molar-refractivity contribution in [1.29, 1.82) is 0 Å². The van der Waals surface area contributed by atoms with Crippen LogP contribution in [0.15, 0.2) is 28.9 Å². The van der Waals surface area contributed by atoms with E-state index in [4.69, 9.17) is 12.2 Å². The quantitative estimate of drug-likeness (QED) is 0.703. The summed E-state index contributed by atoms with van der Waals surface area (Å²) in [5.74, 6) is 0. The number of aryl methyl sites for hydroxylation is 1. The fourth-order valence-electron chi connectivity index (χ4n) is 1.42. The summed E-state index contributed by atoms with van der Waals surface area (Å²) < 4.78 is 1.96. The molecule has 66 valence electrons. The first-order valence-corrected chi connectivity index (χ1v) is 5.16. The second kappa shape index (κ2) is 3.24. The summed E-state index contributed by atoms with van der Waals surface area (Å²) in [4.78, 5) is 3.20. The smallest absolute Gasteiger partial charge is 0.0498 e. The van der Waals surface area contributed by atoms with Crippen molar-refractivity contribution < 1.29 is 0 Å². The molecule has 0 radical (unpaired) electrons. The van der Waals surface area contributed by atoms with Crippen LogP contribution in [0.1, 0.15) is 5.56 Å². The number of aromatic nitrogens is 1. The molecule has 0 unspecified atom stereocenters. The zero-order valence-corrected chi connectivity index (χ0v) is 9.50. The lowest BCUT2D eigenvalue weighted by atomic mass is 10.1. The van der Waals surface area contributed by atoms with Crippen molar-refractivity contribution >= 4 is 39.1 Å². The highest BCUT2D eigenvalue weighted by Gasteiger charge is 1.99. The van der Waals surface area contributed by atoms with Crippen LogP contribution in [0, 0.1) is 11.4 Å². The largest absolute Gasteiger partial charge is 0.361 e. The van der Waals surface area contributed by atoms with Gasteiger partial charge in [-0.1, -0.05) is 28.1 Å². The zero-order valence-electron chi connectivity index (χ0n) is 7.10. The molecule has 1 heterocycles. The van der Waals surface area contributed by atoms with E-state index in [1.165, 1.54) is 5.56 Å². The molecular weight excluding hydrogens is 246 g/mol. The van der Waals surface area contributed by atoms with E-state index in [0.29, 0.717) is 0 Å². The number of benzene rings is 1. The van der Waals surface area contributed by atoms with E-state index in [1.807, 2.05) is 18.3 Å². The van der Waals surface area contributed by atoms with Crippen molar-refractivity contribution in [2.75, 3.05) is 0 Å². The molecule has 0 atom stereocenters. The Balaban J connectivity index is 3.03. The van der Waals surface area contributed by atoms with E-state index < -0.39 is 0 Å². The molecule has 13 heavy (non-hydrogen) atoms. The van der Waals surface area contributed by atoms with Gasteiger partial charge in [-0.3, -0.25) is 0 Å². The van der Waals surface area contributed by atoms with Gasteiger partial charge in [-0.15, -0.1) is 0 Å². The Morgan fingerprint density at radius 3 is 2.92 bits per heavy atom. The second-order valence-electron chi connectivity index (χ2n) is 2.99. The molecule has 1 nitrogen and oxygen atoms in total. The average molecular weight is 254 g/mol. The highest BCUT2D eigenvalue weighted by molar-refractivity contribution is 9.10. The van der Waals surface area contributed by atoms with E-state index >= 15 is 0 Å². The molecule has 0 aliphatic heterocycles. The molecule has 0 fully saturated rings. The predicted molar refractivity (Wildman–Crippen MR) is 61.6 cm³/mol. The first-order valence-electron chi connectivity index (χ1n) is 3.96. The van der Waals surface area contributed by atoms with E-state index in [2.05, 4.69) is 33.9 Å². The van der Waals surface area contributed by atoms with Crippen LogP contribution < -0.4 is 0 Å². The van der Waals surface area contributed by atoms with Crippen molar-refractivity contribution in [3.05, 3.63) is 38.9 Å². The van der Waals surface area contributed by atoms with Crippen molar-refractivity contribution in [2.45, 2.75) is 6.92 Å². The number of halogens is 1. The van der Waals surface area contributed by atoms with Gasteiger partial charge in [0.2, 0.25) is 0 Å². The fraction of sp³-hybridized carbons (Fsp3) is 0.100. The van der Waals surface area contributed by atoms with Gasteiger partial charge < -0.3 is 4.98 Å². The minimum absolute atomic E-state index is 0.887. The molecule has 2 rings (SSSR count). The standard InChI is InChI=1S/C10H8BrNS/c1-6-4-7(11)5-8-9(13)2-3-12-10(6)8/h2-5H,1H3,(H,12,13). The zero-order chi connectivity index (χ0) is 9.42. The van der Waals surface area contributed by atoms with E-state index in [0.717, 1.165) is 19.9 Å². The van der Waals surface area contributed by atoms with Gasteiger partial charge in [0.05, 0.1) is 0 Å². The molecule has 0 spiro atoms. The van der Waals surface area contributed by atoms with Crippen LogP contribution in [0.2, 0.25) is 0 Å². The molecule has 0 aliphatic carbocycles. The summed E-state index contributed by atoms with van der Waals surface area (Å²) >= 11 is 8.69. The van der Waals surface area contributed by atoms with Gasteiger partial charge in [-0.2, -0.15) is 0 Å². The van der Waals surface area contributed by atoms with Gasteiger partial charge in [0, 0.05) is 26.1 Å². The van der Waals surface area contributed by atoms with E-state index in [9.17, 15) is 0 Å². The second-order valence-corrected chi connectivity index (χ2v) is 4.34. The summed E-state index contributed by atoms with van der Waals surface area (Å²) in [6, 6.07) is 6.03. The lowest BCUT2D eigenvalue weighted by Gasteiger charge is -2.02. The lowest BCUT2D eigenvalue weighted by Crippen LogP contribution is -1.83. The molecule has 0 saturated heterocycles. The monoisotopic (exact) mass is 253 g/mol. The van der Waals surface area contributed by atoms with Crippen LogP contribution in [0.25, 0.3) is 10.9 Å². The van der Waals surface area contributed by atoms with Crippen molar-refractivity contribution in [3.8, 4) is 0 Å². The Kier molecular flexibility index (Phi) is 2.22. The molecule has 1 aromatic carbocycles. The Bertz CT molecular complexity index is 516. The number of H-pyrrole nitrogens is 1. The highest BCUT2D eigenvalue weighted by Crippen LogP contribution is 2.22. The predicted octanol–water partition coefficient (Wildman–Crippen LogP) is 3.97. The fourth-order valence-corrected chi connectivity index (χ4v) is 2.22. The minimum atomic E-state index is 0.887. The Hall–Kier alpha value is -0.670. The summed E-state index contributed by atoms with van der Waals surface area (Å²) in [7, 11) is 0.